The standard InChI is InChI=1S/C15H12BrNO3S/c16-12-7-8-14-11(10-12)6-9-15(14)17-20-21(18,19)13-4-2-1-3-5-13/h1-5,7-8,10H,6,9H2. The maximum Gasteiger partial charge on any atom is 0.358 e. The fourth-order valence-electron chi connectivity index (χ4n) is 2.26. The molecule has 0 saturated carbocycles. The van der Waals surface area contributed by atoms with Crippen LogP contribution in [0.15, 0.2) is 63.1 Å². The minimum atomic E-state index is -3.86. The fraction of sp³-hybridized carbons (Fsp3) is 0.133. The largest absolute Gasteiger partial charge is 0.358 e. The summed E-state index contributed by atoms with van der Waals surface area (Å²) in [6, 6.07) is 13.8. The van der Waals surface area contributed by atoms with Gasteiger partial charge in [0, 0.05) is 10.0 Å². The number of halogens is 1. The first-order chi connectivity index (χ1) is 10.1. The van der Waals surface area contributed by atoms with E-state index in [1.807, 2.05) is 18.2 Å². The van der Waals surface area contributed by atoms with Crippen LogP contribution in [-0.2, 0) is 20.8 Å². The van der Waals surface area contributed by atoms with Crippen molar-refractivity contribution in [2.45, 2.75) is 17.7 Å². The average Bonchev–Trinajstić information content (AvgIpc) is 2.88. The summed E-state index contributed by atoms with van der Waals surface area (Å²) in [5, 5.41) is 3.86. The molecule has 0 spiro atoms. The van der Waals surface area contributed by atoms with E-state index in [9.17, 15) is 8.42 Å². The Balaban J connectivity index is 1.86. The number of oxime groups is 1. The van der Waals surface area contributed by atoms with Gasteiger partial charge in [-0.3, -0.25) is 4.28 Å². The molecule has 0 unspecified atom stereocenters. The normalized spacial score (nSPS) is 16.0. The second-order valence-electron chi connectivity index (χ2n) is 4.68. The van der Waals surface area contributed by atoms with Crippen LogP contribution in [0.25, 0.3) is 0 Å². The molecule has 0 saturated heterocycles. The predicted octanol–water partition coefficient (Wildman–Crippen LogP) is 3.50. The molecule has 1 aliphatic carbocycles. The Morgan fingerprint density at radius 3 is 2.57 bits per heavy atom. The Morgan fingerprint density at radius 2 is 1.81 bits per heavy atom. The number of hydrogen-bond acceptors (Lipinski definition) is 4. The number of fused-ring (bicyclic) bond motifs is 1. The Bertz CT molecular complexity index is 801. The molecule has 108 valence electrons. The first-order valence-electron chi connectivity index (χ1n) is 6.41. The van der Waals surface area contributed by atoms with E-state index in [2.05, 4.69) is 21.1 Å². The number of hydrogen-bond donors (Lipinski definition) is 0. The van der Waals surface area contributed by atoms with Crippen molar-refractivity contribution < 1.29 is 12.7 Å². The van der Waals surface area contributed by atoms with Crippen LogP contribution < -0.4 is 0 Å². The fourth-order valence-corrected chi connectivity index (χ4v) is 3.43. The SMILES string of the molecule is O=S(=O)(ON=C1CCc2cc(Br)ccc21)c1ccccc1. The van der Waals surface area contributed by atoms with Gasteiger partial charge in [-0.2, -0.15) is 8.42 Å². The van der Waals surface area contributed by atoms with Crippen molar-refractivity contribution in [2.75, 3.05) is 0 Å². The highest BCUT2D eigenvalue weighted by atomic mass is 79.9. The summed E-state index contributed by atoms with van der Waals surface area (Å²) in [6.07, 6.45) is 1.51. The zero-order chi connectivity index (χ0) is 14.9. The molecule has 0 amide bonds. The third-order valence-electron chi connectivity index (χ3n) is 3.29. The molecule has 2 aromatic carbocycles. The molecular formula is C15H12BrNO3S. The summed E-state index contributed by atoms with van der Waals surface area (Å²) in [5.74, 6) is 0. The second kappa shape index (κ2) is 5.61. The van der Waals surface area contributed by atoms with Crippen molar-refractivity contribution in [1.29, 1.82) is 0 Å². The summed E-state index contributed by atoms with van der Waals surface area (Å²) in [4.78, 5) is 0.100. The van der Waals surface area contributed by atoms with E-state index in [0.717, 1.165) is 22.0 Å². The summed E-state index contributed by atoms with van der Waals surface area (Å²) in [5.41, 5.74) is 2.75. The number of benzene rings is 2. The monoisotopic (exact) mass is 365 g/mol. The Kier molecular flexibility index (Phi) is 3.82. The Labute approximate surface area is 131 Å². The zero-order valence-electron chi connectivity index (χ0n) is 11.0. The van der Waals surface area contributed by atoms with Gasteiger partial charge in [0.1, 0.15) is 4.90 Å². The molecule has 0 atom stereocenters. The molecule has 0 heterocycles. The molecule has 3 rings (SSSR count). The molecule has 0 radical (unpaired) electrons. The Morgan fingerprint density at radius 1 is 1.05 bits per heavy atom. The molecule has 21 heavy (non-hydrogen) atoms. The van der Waals surface area contributed by atoms with Gasteiger partial charge < -0.3 is 0 Å². The van der Waals surface area contributed by atoms with Gasteiger partial charge in [0.05, 0.1) is 5.71 Å². The van der Waals surface area contributed by atoms with Gasteiger partial charge in [-0.25, -0.2) is 0 Å². The zero-order valence-corrected chi connectivity index (χ0v) is 13.4. The maximum atomic E-state index is 12.0. The van der Waals surface area contributed by atoms with E-state index in [-0.39, 0.29) is 4.90 Å². The minimum absolute atomic E-state index is 0.100. The van der Waals surface area contributed by atoms with Crippen LogP contribution in [0.5, 0.6) is 0 Å². The van der Waals surface area contributed by atoms with Crippen LogP contribution >= 0.6 is 15.9 Å². The Hall–Kier alpha value is -1.66. The molecule has 0 bridgehead atoms. The quantitative estimate of drug-likeness (QED) is 0.782. The van der Waals surface area contributed by atoms with Gasteiger partial charge in [0.25, 0.3) is 0 Å². The summed E-state index contributed by atoms with van der Waals surface area (Å²) in [6.45, 7) is 0. The lowest BCUT2D eigenvalue weighted by molar-refractivity contribution is 0.338. The van der Waals surface area contributed by atoms with E-state index >= 15 is 0 Å². The molecule has 2 aromatic rings. The molecule has 0 fully saturated rings. The first kappa shape index (κ1) is 14.3. The smallest absolute Gasteiger partial charge is 0.264 e. The van der Waals surface area contributed by atoms with Gasteiger partial charge in [-0.15, -0.1) is 0 Å². The highest BCUT2D eigenvalue weighted by molar-refractivity contribution is 9.10. The third kappa shape index (κ3) is 3.01. The number of rotatable bonds is 3. The maximum absolute atomic E-state index is 12.0. The van der Waals surface area contributed by atoms with E-state index in [4.69, 9.17) is 4.28 Å². The van der Waals surface area contributed by atoms with Crippen LogP contribution in [-0.4, -0.2) is 14.1 Å². The van der Waals surface area contributed by atoms with Crippen molar-refractivity contribution >= 4 is 31.8 Å². The van der Waals surface area contributed by atoms with Crippen LogP contribution in [0.2, 0.25) is 0 Å². The van der Waals surface area contributed by atoms with Gasteiger partial charge >= 0.3 is 10.1 Å². The number of aryl methyl sites for hydroxylation is 1. The number of nitrogens with zero attached hydrogens (tertiary/aromatic N) is 1. The van der Waals surface area contributed by atoms with Crippen LogP contribution in [0.1, 0.15) is 17.5 Å². The second-order valence-corrected chi connectivity index (χ2v) is 7.13. The van der Waals surface area contributed by atoms with Gasteiger partial charge in [0.15, 0.2) is 0 Å². The lowest BCUT2D eigenvalue weighted by Gasteiger charge is -2.03. The van der Waals surface area contributed by atoms with E-state index in [1.165, 1.54) is 12.1 Å². The van der Waals surface area contributed by atoms with Crippen molar-refractivity contribution in [3.8, 4) is 0 Å². The molecule has 1 aliphatic rings. The lowest BCUT2D eigenvalue weighted by atomic mass is 10.1. The molecule has 6 heteroatoms. The summed E-state index contributed by atoms with van der Waals surface area (Å²) < 4.78 is 29.9. The third-order valence-corrected chi connectivity index (χ3v) is 4.90. The van der Waals surface area contributed by atoms with Gasteiger partial charge in [-0.1, -0.05) is 45.4 Å². The van der Waals surface area contributed by atoms with Gasteiger partial charge in [0.2, 0.25) is 0 Å². The van der Waals surface area contributed by atoms with E-state index in [1.54, 1.807) is 18.2 Å². The van der Waals surface area contributed by atoms with Crippen molar-refractivity contribution in [2.24, 2.45) is 5.16 Å². The van der Waals surface area contributed by atoms with Crippen LogP contribution in [0, 0.1) is 0 Å². The van der Waals surface area contributed by atoms with Gasteiger partial charge in [-0.05, 0) is 42.7 Å². The van der Waals surface area contributed by atoms with Crippen molar-refractivity contribution in [3.05, 3.63) is 64.1 Å². The van der Waals surface area contributed by atoms with Crippen molar-refractivity contribution in [3.63, 3.8) is 0 Å². The minimum Gasteiger partial charge on any atom is -0.264 e. The van der Waals surface area contributed by atoms with E-state index < -0.39 is 10.1 Å². The predicted molar refractivity (Wildman–Crippen MR) is 83.7 cm³/mol. The highest BCUT2D eigenvalue weighted by Gasteiger charge is 2.21. The molecule has 0 aromatic heterocycles. The van der Waals surface area contributed by atoms with E-state index in [0.29, 0.717) is 12.1 Å². The average molecular weight is 366 g/mol. The lowest BCUT2D eigenvalue weighted by Crippen LogP contribution is -2.05. The molecule has 0 N–H and O–H groups in total. The first-order valence-corrected chi connectivity index (χ1v) is 8.61. The highest BCUT2D eigenvalue weighted by Crippen LogP contribution is 2.26. The topological polar surface area (TPSA) is 55.7 Å². The summed E-state index contributed by atoms with van der Waals surface area (Å²) in [7, 11) is -3.86. The van der Waals surface area contributed by atoms with Crippen LogP contribution in [0.3, 0.4) is 0 Å². The molecule has 4 nitrogen and oxygen atoms in total. The summed E-state index contributed by atoms with van der Waals surface area (Å²) >= 11 is 3.42. The van der Waals surface area contributed by atoms with Crippen LogP contribution in [0.4, 0.5) is 0 Å². The molecular weight excluding hydrogens is 354 g/mol. The molecule has 0 aliphatic heterocycles. The van der Waals surface area contributed by atoms with Crippen molar-refractivity contribution in [1.82, 2.24) is 0 Å².